The van der Waals surface area contributed by atoms with E-state index in [2.05, 4.69) is 22.3 Å². The Morgan fingerprint density at radius 2 is 1.76 bits per heavy atom. The predicted molar refractivity (Wildman–Crippen MR) is 135 cm³/mol. The van der Waals surface area contributed by atoms with Crippen molar-refractivity contribution in [1.29, 1.82) is 0 Å². The number of carbonyl (C=O) groups excluding carboxylic acids is 1. The summed E-state index contributed by atoms with van der Waals surface area (Å²) in [6.45, 7) is 5.24. The molecule has 1 unspecified atom stereocenters. The van der Waals surface area contributed by atoms with Gasteiger partial charge in [0, 0.05) is 13.1 Å². The van der Waals surface area contributed by atoms with Crippen LogP contribution in [0.1, 0.15) is 43.7 Å². The van der Waals surface area contributed by atoms with E-state index in [9.17, 15) is 13.2 Å². The number of amides is 1. The van der Waals surface area contributed by atoms with Gasteiger partial charge in [0.05, 0.1) is 22.0 Å². The van der Waals surface area contributed by atoms with Crippen LogP contribution < -0.4 is 9.62 Å². The molecule has 9 heteroatoms. The second-order valence-electron chi connectivity index (χ2n) is 8.46. The fraction of sp³-hybridized carbons (Fsp3) is 0.458. The topological polar surface area (TPSA) is 69.7 Å². The normalized spacial score (nSPS) is 15.8. The van der Waals surface area contributed by atoms with E-state index in [1.54, 1.807) is 13.0 Å². The van der Waals surface area contributed by atoms with E-state index >= 15 is 0 Å². The SMILES string of the molecule is CCC(C(=O)NCc1cccc(CN2CCCCC2)c1)N(c1ccc(Cl)c(Cl)c1)S(C)(=O)=O. The lowest BCUT2D eigenvalue weighted by Crippen LogP contribution is -2.49. The third kappa shape index (κ3) is 7.09. The van der Waals surface area contributed by atoms with Crippen LogP contribution in [0.4, 0.5) is 5.69 Å². The number of hydrogen-bond acceptors (Lipinski definition) is 4. The van der Waals surface area contributed by atoms with Gasteiger partial charge < -0.3 is 5.32 Å². The molecule has 2 aromatic carbocycles. The smallest absolute Gasteiger partial charge is 0.244 e. The van der Waals surface area contributed by atoms with Crippen LogP contribution in [-0.4, -0.2) is 44.6 Å². The van der Waals surface area contributed by atoms with Crippen molar-refractivity contribution in [2.45, 2.75) is 51.7 Å². The summed E-state index contributed by atoms with van der Waals surface area (Å²) >= 11 is 12.1. The van der Waals surface area contributed by atoms with Crippen molar-refractivity contribution < 1.29 is 13.2 Å². The quantitative estimate of drug-likeness (QED) is 0.522. The molecule has 2 aromatic rings. The van der Waals surface area contributed by atoms with Crippen LogP contribution >= 0.6 is 23.2 Å². The van der Waals surface area contributed by atoms with Crippen molar-refractivity contribution in [1.82, 2.24) is 10.2 Å². The summed E-state index contributed by atoms with van der Waals surface area (Å²) in [5.74, 6) is -0.365. The predicted octanol–water partition coefficient (Wildman–Crippen LogP) is 4.84. The molecule has 1 atom stereocenters. The molecule has 1 amide bonds. The van der Waals surface area contributed by atoms with Gasteiger partial charge in [-0.2, -0.15) is 0 Å². The van der Waals surface area contributed by atoms with Gasteiger partial charge in [0.2, 0.25) is 15.9 Å². The highest BCUT2D eigenvalue weighted by molar-refractivity contribution is 7.92. The van der Waals surface area contributed by atoms with E-state index in [4.69, 9.17) is 23.2 Å². The van der Waals surface area contributed by atoms with E-state index in [1.807, 2.05) is 12.1 Å². The lowest BCUT2D eigenvalue weighted by atomic mass is 10.1. The average Bonchev–Trinajstić information content (AvgIpc) is 2.78. The minimum Gasteiger partial charge on any atom is -0.350 e. The molecule has 0 radical (unpaired) electrons. The van der Waals surface area contributed by atoms with Gasteiger partial charge in [-0.25, -0.2) is 8.42 Å². The highest BCUT2D eigenvalue weighted by Gasteiger charge is 2.31. The van der Waals surface area contributed by atoms with Crippen molar-refractivity contribution in [3.8, 4) is 0 Å². The van der Waals surface area contributed by atoms with Crippen LogP contribution in [-0.2, 0) is 27.9 Å². The molecule has 0 aliphatic carbocycles. The van der Waals surface area contributed by atoms with Crippen molar-refractivity contribution in [3.05, 3.63) is 63.6 Å². The number of hydrogen-bond donors (Lipinski definition) is 1. The number of benzene rings is 2. The number of sulfonamides is 1. The molecule has 3 rings (SSSR count). The second-order valence-corrected chi connectivity index (χ2v) is 11.1. The summed E-state index contributed by atoms with van der Waals surface area (Å²) in [6, 6.07) is 11.8. The van der Waals surface area contributed by atoms with Crippen LogP contribution in [0.15, 0.2) is 42.5 Å². The first-order chi connectivity index (χ1) is 15.7. The number of piperidine rings is 1. The summed E-state index contributed by atoms with van der Waals surface area (Å²) in [5.41, 5.74) is 2.50. The second kappa shape index (κ2) is 11.6. The van der Waals surface area contributed by atoms with Crippen molar-refractivity contribution in [3.63, 3.8) is 0 Å². The van der Waals surface area contributed by atoms with Crippen molar-refractivity contribution >= 4 is 44.8 Å². The van der Waals surface area contributed by atoms with E-state index in [0.717, 1.165) is 35.8 Å². The molecule has 0 spiro atoms. The molecule has 1 aliphatic rings. The highest BCUT2D eigenvalue weighted by atomic mass is 35.5. The number of halogens is 2. The number of nitrogens with one attached hydrogen (secondary N) is 1. The molecule has 180 valence electrons. The zero-order valence-corrected chi connectivity index (χ0v) is 21.4. The molecule has 33 heavy (non-hydrogen) atoms. The third-order valence-corrected chi connectivity index (χ3v) is 7.72. The Bertz CT molecular complexity index is 1070. The molecule has 0 bridgehead atoms. The molecule has 6 nitrogen and oxygen atoms in total. The Morgan fingerprint density at radius 1 is 1.06 bits per heavy atom. The van der Waals surface area contributed by atoms with Gasteiger partial charge in [0.25, 0.3) is 0 Å². The lowest BCUT2D eigenvalue weighted by Gasteiger charge is -2.30. The van der Waals surface area contributed by atoms with Gasteiger partial charge in [0.15, 0.2) is 0 Å². The number of rotatable bonds is 9. The number of carbonyl (C=O) groups is 1. The first kappa shape index (κ1) is 25.8. The van der Waals surface area contributed by atoms with Gasteiger partial charge in [0.1, 0.15) is 6.04 Å². The Kier molecular flexibility index (Phi) is 9.04. The highest BCUT2D eigenvalue weighted by Crippen LogP contribution is 2.30. The summed E-state index contributed by atoms with van der Waals surface area (Å²) in [5, 5.41) is 3.45. The van der Waals surface area contributed by atoms with E-state index in [-0.39, 0.29) is 10.9 Å². The maximum Gasteiger partial charge on any atom is 0.244 e. The standard InChI is InChI=1S/C24H31Cl2N3O3S/c1-3-23(29(33(2,31)32)20-10-11-21(25)22(26)15-20)24(30)27-16-18-8-7-9-19(14-18)17-28-12-5-4-6-13-28/h7-11,14-15,23H,3-6,12-13,16-17H2,1-2H3,(H,27,30). The molecule has 1 N–H and O–H groups in total. The zero-order valence-electron chi connectivity index (χ0n) is 19.1. The Morgan fingerprint density at radius 3 is 2.39 bits per heavy atom. The van der Waals surface area contributed by atoms with Crippen molar-refractivity contribution in [2.75, 3.05) is 23.7 Å². The Hall–Kier alpha value is -1.80. The minimum absolute atomic E-state index is 0.226. The summed E-state index contributed by atoms with van der Waals surface area (Å²) in [7, 11) is -3.74. The minimum atomic E-state index is -3.74. The van der Waals surface area contributed by atoms with Crippen LogP contribution in [0.2, 0.25) is 10.0 Å². The van der Waals surface area contributed by atoms with Crippen molar-refractivity contribution in [2.24, 2.45) is 0 Å². The summed E-state index contributed by atoms with van der Waals surface area (Å²) < 4.78 is 26.3. The fourth-order valence-corrected chi connectivity index (χ4v) is 5.70. The number of anilines is 1. The monoisotopic (exact) mass is 511 g/mol. The van der Waals surface area contributed by atoms with Gasteiger partial charge in [-0.05, 0) is 61.7 Å². The Labute approximate surface area is 206 Å². The molecule has 1 heterocycles. The van der Waals surface area contributed by atoms with Gasteiger partial charge in [-0.1, -0.05) is 60.8 Å². The zero-order chi connectivity index (χ0) is 24.0. The van der Waals surface area contributed by atoms with E-state index in [1.165, 1.54) is 37.0 Å². The summed E-state index contributed by atoms with van der Waals surface area (Å²) in [6.07, 6.45) is 5.16. The number of likely N-dealkylation sites (tertiary alicyclic amines) is 1. The fourth-order valence-electron chi connectivity index (χ4n) is 4.20. The van der Waals surface area contributed by atoms with Crippen LogP contribution in [0.5, 0.6) is 0 Å². The largest absolute Gasteiger partial charge is 0.350 e. The van der Waals surface area contributed by atoms with Crippen LogP contribution in [0.3, 0.4) is 0 Å². The third-order valence-electron chi connectivity index (χ3n) is 5.80. The van der Waals surface area contributed by atoms with E-state index < -0.39 is 16.1 Å². The summed E-state index contributed by atoms with van der Waals surface area (Å²) in [4.78, 5) is 15.5. The molecular weight excluding hydrogens is 481 g/mol. The van der Waals surface area contributed by atoms with Gasteiger partial charge in [-0.15, -0.1) is 0 Å². The molecule has 1 aliphatic heterocycles. The first-order valence-corrected chi connectivity index (χ1v) is 13.8. The number of nitrogens with zero attached hydrogens (tertiary/aromatic N) is 2. The molecular formula is C24H31Cl2N3O3S. The maximum absolute atomic E-state index is 13.1. The molecule has 1 fully saturated rings. The average molecular weight is 513 g/mol. The molecule has 1 saturated heterocycles. The van der Waals surface area contributed by atoms with E-state index in [0.29, 0.717) is 23.7 Å². The molecule has 0 saturated carbocycles. The van der Waals surface area contributed by atoms with Crippen LogP contribution in [0, 0.1) is 0 Å². The van der Waals surface area contributed by atoms with Gasteiger partial charge >= 0.3 is 0 Å². The Balaban J connectivity index is 1.71. The maximum atomic E-state index is 13.1. The first-order valence-electron chi connectivity index (χ1n) is 11.2. The molecule has 0 aromatic heterocycles. The van der Waals surface area contributed by atoms with Gasteiger partial charge in [-0.3, -0.25) is 14.0 Å². The van der Waals surface area contributed by atoms with Crippen LogP contribution in [0.25, 0.3) is 0 Å². The lowest BCUT2D eigenvalue weighted by molar-refractivity contribution is -0.122.